The summed E-state index contributed by atoms with van der Waals surface area (Å²) in [6.45, 7) is 1.49. The molecule has 110 valence electrons. The van der Waals surface area contributed by atoms with Gasteiger partial charge >= 0.3 is 13.5 Å². The second-order valence-electron chi connectivity index (χ2n) is 4.75. The third-order valence-electron chi connectivity index (χ3n) is 3.31. The zero-order chi connectivity index (χ0) is 14.5. The minimum Gasteiger partial charge on any atom is -0.349 e. The van der Waals surface area contributed by atoms with Crippen molar-refractivity contribution in [1.29, 1.82) is 0 Å². The van der Waals surface area contributed by atoms with E-state index in [1.807, 2.05) is 0 Å². The summed E-state index contributed by atoms with van der Waals surface area (Å²) in [5.41, 5.74) is -0.688. The van der Waals surface area contributed by atoms with Gasteiger partial charge in [0.1, 0.15) is 18.4 Å². The van der Waals surface area contributed by atoms with Crippen LogP contribution in [0.3, 0.4) is 0 Å². The molecule has 2 aliphatic rings. The fourth-order valence-electron chi connectivity index (χ4n) is 2.30. The average Bonchev–Trinajstić information content (AvgIpc) is 2.74. The van der Waals surface area contributed by atoms with Gasteiger partial charge in [-0.25, -0.2) is 9.36 Å². The maximum Gasteiger partial charge on any atom is 0.472 e. The second kappa shape index (κ2) is 4.64. The molecule has 0 aromatic carbocycles. The molecule has 2 fully saturated rings. The van der Waals surface area contributed by atoms with E-state index in [1.165, 1.54) is 10.8 Å². The smallest absolute Gasteiger partial charge is 0.349 e. The highest BCUT2D eigenvalue weighted by Gasteiger charge is 2.46. The molecule has 0 amide bonds. The van der Waals surface area contributed by atoms with E-state index in [0.29, 0.717) is 5.56 Å². The maximum absolute atomic E-state index is 11.8. The molecule has 0 radical (unpaired) electrons. The quantitative estimate of drug-likeness (QED) is 0.680. The Morgan fingerprint density at radius 1 is 1.45 bits per heavy atom. The Bertz CT molecular complexity index is 696. The lowest BCUT2D eigenvalue weighted by atomic mass is 10.2. The third kappa shape index (κ3) is 2.38. The molecular formula is C10H13N2O7P. The fraction of sp³-hybridized carbons (Fsp3) is 0.600. The van der Waals surface area contributed by atoms with Crippen molar-refractivity contribution in [2.45, 2.75) is 31.8 Å². The van der Waals surface area contributed by atoms with Crippen LogP contribution in [-0.2, 0) is 18.3 Å². The van der Waals surface area contributed by atoms with E-state index in [-0.39, 0.29) is 13.0 Å². The number of phosphoric ester groups is 1. The molecule has 1 aromatic rings. The van der Waals surface area contributed by atoms with Crippen LogP contribution < -0.4 is 11.2 Å². The van der Waals surface area contributed by atoms with Crippen molar-refractivity contribution in [3.05, 3.63) is 32.6 Å². The summed E-state index contributed by atoms with van der Waals surface area (Å²) in [5.74, 6) is 0. The van der Waals surface area contributed by atoms with Crippen LogP contribution in [0.2, 0.25) is 0 Å². The standard InChI is InChI=1S/C10H13N2O7P/c1-5-3-12(10(14)11-9(5)13)8-2-6-7(18-8)4-17-20(15,16)19-6/h3,6-8H,2,4H2,1H3,(H,15,16)(H,11,13,14)/t6-,7-,8-/m0/s1. The first-order valence-corrected chi connectivity index (χ1v) is 7.48. The van der Waals surface area contributed by atoms with Crippen molar-refractivity contribution in [1.82, 2.24) is 9.55 Å². The Morgan fingerprint density at radius 3 is 2.95 bits per heavy atom. The summed E-state index contributed by atoms with van der Waals surface area (Å²) in [5, 5.41) is 0. The number of aryl methyl sites for hydroxylation is 1. The zero-order valence-corrected chi connectivity index (χ0v) is 11.4. The monoisotopic (exact) mass is 304 g/mol. The van der Waals surface area contributed by atoms with E-state index in [2.05, 4.69) is 9.51 Å². The fourth-order valence-corrected chi connectivity index (χ4v) is 3.26. The number of phosphoric acid groups is 1. The Balaban J connectivity index is 1.88. The van der Waals surface area contributed by atoms with Crippen LogP contribution in [-0.4, -0.2) is 33.3 Å². The van der Waals surface area contributed by atoms with Crippen LogP contribution in [0.25, 0.3) is 0 Å². The van der Waals surface area contributed by atoms with Crippen LogP contribution in [0.4, 0.5) is 0 Å². The molecule has 4 atom stereocenters. The van der Waals surface area contributed by atoms with E-state index in [1.54, 1.807) is 6.92 Å². The van der Waals surface area contributed by atoms with Gasteiger partial charge in [0.2, 0.25) is 0 Å². The van der Waals surface area contributed by atoms with Crippen molar-refractivity contribution in [2.75, 3.05) is 6.61 Å². The van der Waals surface area contributed by atoms with Crippen molar-refractivity contribution < 1.29 is 23.2 Å². The van der Waals surface area contributed by atoms with E-state index in [0.717, 1.165) is 0 Å². The van der Waals surface area contributed by atoms with Gasteiger partial charge in [-0.1, -0.05) is 0 Å². The van der Waals surface area contributed by atoms with Gasteiger partial charge in [0.25, 0.3) is 5.56 Å². The minimum atomic E-state index is -4.03. The molecule has 0 bridgehead atoms. The molecule has 3 rings (SSSR count). The van der Waals surface area contributed by atoms with Crippen molar-refractivity contribution in [3.8, 4) is 0 Å². The van der Waals surface area contributed by atoms with Gasteiger partial charge in [-0.2, -0.15) is 0 Å². The van der Waals surface area contributed by atoms with E-state index in [9.17, 15) is 19.0 Å². The topological polar surface area (TPSA) is 120 Å². The van der Waals surface area contributed by atoms with Gasteiger partial charge in [-0.3, -0.25) is 23.4 Å². The molecule has 10 heteroatoms. The summed E-state index contributed by atoms with van der Waals surface area (Å²) in [6.07, 6.45) is -0.196. The molecule has 2 aliphatic heterocycles. The lowest BCUT2D eigenvalue weighted by Crippen LogP contribution is -2.34. The minimum absolute atomic E-state index is 0.0774. The highest BCUT2D eigenvalue weighted by Crippen LogP contribution is 2.52. The first kappa shape index (κ1) is 13.7. The molecule has 20 heavy (non-hydrogen) atoms. The first-order valence-electron chi connectivity index (χ1n) is 5.99. The van der Waals surface area contributed by atoms with Crippen LogP contribution in [0.1, 0.15) is 18.2 Å². The Hall–Kier alpha value is -1.25. The summed E-state index contributed by atoms with van der Waals surface area (Å²) in [7, 11) is -4.03. The van der Waals surface area contributed by atoms with E-state index < -0.39 is 37.5 Å². The maximum atomic E-state index is 11.8. The van der Waals surface area contributed by atoms with Crippen LogP contribution in [0, 0.1) is 6.92 Å². The van der Waals surface area contributed by atoms with Gasteiger partial charge in [-0.05, 0) is 6.92 Å². The van der Waals surface area contributed by atoms with Crippen molar-refractivity contribution in [2.24, 2.45) is 0 Å². The number of rotatable bonds is 1. The number of H-pyrrole nitrogens is 1. The molecule has 1 aromatic heterocycles. The SMILES string of the molecule is Cc1cn([C@@H]2C[C@@H]3OP(=O)(O)OC[C@@H]3O2)c(=O)[nH]c1=O. The number of nitrogens with zero attached hydrogens (tertiary/aromatic N) is 1. The highest BCUT2D eigenvalue weighted by molar-refractivity contribution is 7.47. The Morgan fingerprint density at radius 2 is 2.20 bits per heavy atom. The summed E-state index contributed by atoms with van der Waals surface area (Å²) < 4.78 is 27.7. The third-order valence-corrected chi connectivity index (χ3v) is 4.32. The van der Waals surface area contributed by atoms with Gasteiger partial charge < -0.3 is 9.63 Å². The molecule has 9 nitrogen and oxygen atoms in total. The van der Waals surface area contributed by atoms with Crippen LogP contribution in [0.15, 0.2) is 15.8 Å². The summed E-state index contributed by atoms with van der Waals surface area (Å²) in [6, 6.07) is 0. The van der Waals surface area contributed by atoms with E-state index >= 15 is 0 Å². The molecule has 0 spiro atoms. The van der Waals surface area contributed by atoms with Gasteiger partial charge in [0, 0.05) is 18.2 Å². The van der Waals surface area contributed by atoms with Gasteiger partial charge in [0.05, 0.1) is 6.61 Å². The Labute approximate surface area is 112 Å². The number of aromatic nitrogens is 2. The highest BCUT2D eigenvalue weighted by atomic mass is 31.2. The van der Waals surface area contributed by atoms with Gasteiger partial charge in [-0.15, -0.1) is 0 Å². The zero-order valence-electron chi connectivity index (χ0n) is 10.5. The predicted octanol–water partition coefficient (Wildman–Crippen LogP) is -0.352. The molecule has 2 saturated heterocycles. The lowest BCUT2D eigenvalue weighted by Gasteiger charge is -2.26. The molecule has 0 aliphatic carbocycles. The number of ether oxygens (including phenoxy) is 1. The van der Waals surface area contributed by atoms with Crippen LogP contribution >= 0.6 is 7.82 Å². The number of hydrogen-bond donors (Lipinski definition) is 2. The second-order valence-corrected chi connectivity index (χ2v) is 6.16. The number of nitrogens with one attached hydrogen (secondary N) is 1. The van der Waals surface area contributed by atoms with Crippen molar-refractivity contribution >= 4 is 7.82 Å². The van der Waals surface area contributed by atoms with Gasteiger partial charge in [0.15, 0.2) is 0 Å². The first-order chi connectivity index (χ1) is 9.35. The number of fused-ring (bicyclic) bond motifs is 1. The van der Waals surface area contributed by atoms with Crippen molar-refractivity contribution in [3.63, 3.8) is 0 Å². The number of aromatic amines is 1. The lowest BCUT2D eigenvalue weighted by molar-refractivity contribution is -0.0680. The molecular weight excluding hydrogens is 291 g/mol. The summed E-state index contributed by atoms with van der Waals surface area (Å²) in [4.78, 5) is 34.5. The predicted molar refractivity (Wildman–Crippen MR) is 65.2 cm³/mol. The molecule has 0 saturated carbocycles. The molecule has 2 N–H and O–H groups in total. The normalized spacial score (nSPS) is 36.8. The molecule has 1 unspecified atom stereocenters. The number of hydrogen-bond acceptors (Lipinski definition) is 6. The van der Waals surface area contributed by atoms with E-state index in [4.69, 9.17) is 9.26 Å². The largest absolute Gasteiger partial charge is 0.472 e. The molecule has 3 heterocycles. The summed E-state index contributed by atoms with van der Waals surface area (Å²) >= 11 is 0. The van der Waals surface area contributed by atoms with Crippen LogP contribution in [0.5, 0.6) is 0 Å². The Kier molecular flexibility index (Phi) is 3.19. The average molecular weight is 304 g/mol.